The first-order chi connectivity index (χ1) is 14.8. The molecule has 2 aliphatic rings. The Labute approximate surface area is 179 Å². The smallest absolute Gasteiger partial charge is 0.416 e. The number of carbonyl (C=O) groups excluding carboxylic acids is 1. The molecule has 1 N–H and O–H groups in total. The molecule has 8 heteroatoms. The van der Waals surface area contributed by atoms with Gasteiger partial charge in [0.2, 0.25) is 5.91 Å². The van der Waals surface area contributed by atoms with Crippen LogP contribution in [-0.4, -0.2) is 45.2 Å². The molecule has 2 heterocycles. The second-order valence-corrected chi connectivity index (χ2v) is 7.95. The molecule has 2 aliphatic heterocycles. The Morgan fingerprint density at radius 2 is 2.00 bits per heavy atom. The summed E-state index contributed by atoms with van der Waals surface area (Å²) in [6.45, 7) is 4.26. The highest BCUT2D eigenvalue weighted by molar-refractivity contribution is 5.82. The van der Waals surface area contributed by atoms with Crippen molar-refractivity contribution < 1.29 is 22.7 Å². The van der Waals surface area contributed by atoms with Gasteiger partial charge in [-0.2, -0.15) is 13.2 Å². The van der Waals surface area contributed by atoms with E-state index in [1.165, 1.54) is 6.07 Å². The number of hydrogen-bond acceptors (Lipinski definition) is 4. The zero-order chi connectivity index (χ0) is 22.2. The lowest BCUT2D eigenvalue weighted by molar-refractivity contribution is -0.137. The molecule has 2 aromatic rings. The zero-order valence-electron chi connectivity index (χ0n) is 17.6. The van der Waals surface area contributed by atoms with Crippen LogP contribution in [0.15, 0.2) is 42.5 Å². The van der Waals surface area contributed by atoms with Gasteiger partial charge in [-0.25, -0.2) is 0 Å². The molecule has 31 heavy (non-hydrogen) atoms. The summed E-state index contributed by atoms with van der Waals surface area (Å²) >= 11 is 0. The minimum absolute atomic E-state index is 0.118. The number of methoxy groups -OCH3 is 1. The molecule has 5 nitrogen and oxygen atoms in total. The van der Waals surface area contributed by atoms with E-state index in [9.17, 15) is 18.0 Å². The predicted octanol–water partition coefficient (Wildman–Crippen LogP) is 3.72. The van der Waals surface area contributed by atoms with E-state index in [1.807, 2.05) is 31.2 Å². The number of nitrogens with zero attached hydrogens (tertiary/aromatic N) is 2. The first-order valence-corrected chi connectivity index (χ1v) is 10.4. The van der Waals surface area contributed by atoms with Crippen LogP contribution in [0, 0.1) is 5.92 Å². The lowest BCUT2D eigenvalue weighted by Gasteiger charge is -2.49. The largest absolute Gasteiger partial charge is 0.497 e. The minimum Gasteiger partial charge on any atom is -0.497 e. The number of rotatable bonds is 4. The van der Waals surface area contributed by atoms with Crippen LogP contribution in [0.5, 0.6) is 5.75 Å². The first kappa shape index (κ1) is 21.3. The second kappa shape index (κ2) is 8.32. The van der Waals surface area contributed by atoms with Crippen molar-refractivity contribution >= 4 is 17.3 Å². The molecule has 1 fully saturated rings. The average molecular weight is 433 g/mol. The fraction of sp³-hybridized carbons (Fsp3) is 0.435. The normalized spacial score (nSPS) is 20.7. The topological polar surface area (TPSA) is 44.8 Å². The van der Waals surface area contributed by atoms with E-state index >= 15 is 0 Å². The van der Waals surface area contributed by atoms with E-state index in [4.69, 9.17) is 4.74 Å². The van der Waals surface area contributed by atoms with Crippen molar-refractivity contribution in [1.29, 1.82) is 0 Å². The number of hydrogen-bond donors (Lipinski definition) is 1. The van der Waals surface area contributed by atoms with Crippen LogP contribution < -0.4 is 19.9 Å². The number of benzene rings is 2. The Hall–Kier alpha value is -2.90. The van der Waals surface area contributed by atoms with E-state index in [0.717, 1.165) is 23.2 Å². The van der Waals surface area contributed by atoms with Crippen molar-refractivity contribution in [2.45, 2.75) is 25.6 Å². The molecule has 0 aliphatic carbocycles. The van der Waals surface area contributed by atoms with Crippen LogP contribution in [0.3, 0.4) is 0 Å². The average Bonchev–Trinajstić information content (AvgIpc) is 2.77. The molecular formula is C23H26F3N3O2. The van der Waals surface area contributed by atoms with Gasteiger partial charge in [0.1, 0.15) is 5.75 Å². The van der Waals surface area contributed by atoms with Crippen molar-refractivity contribution in [2.24, 2.45) is 5.92 Å². The van der Waals surface area contributed by atoms with Gasteiger partial charge in [-0.1, -0.05) is 6.07 Å². The molecule has 1 saturated heterocycles. The number of alkyl halides is 3. The number of nitrogens with one attached hydrogen (secondary N) is 1. The van der Waals surface area contributed by atoms with Gasteiger partial charge in [-0.15, -0.1) is 0 Å². The van der Waals surface area contributed by atoms with Crippen molar-refractivity contribution in [3.05, 3.63) is 53.6 Å². The van der Waals surface area contributed by atoms with Crippen LogP contribution in [0.25, 0.3) is 0 Å². The van der Waals surface area contributed by atoms with Crippen LogP contribution in [0.4, 0.5) is 24.5 Å². The summed E-state index contributed by atoms with van der Waals surface area (Å²) in [6, 6.07) is 11.5. The van der Waals surface area contributed by atoms with Gasteiger partial charge in [0, 0.05) is 43.6 Å². The summed E-state index contributed by atoms with van der Waals surface area (Å²) in [7, 11) is 1.62. The van der Waals surface area contributed by atoms with Gasteiger partial charge in [0.25, 0.3) is 0 Å². The third-order valence-corrected chi connectivity index (χ3v) is 6.15. The minimum atomic E-state index is -4.40. The number of ether oxygens (including phenoxy) is 1. The molecule has 0 unspecified atom stereocenters. The predicted molar refractivity (Wildman–Crippen MR) is 114 cm³/mol. The standard InChI is InChI=1S/C23H26F3N3O2/c1-3-27-22(30)19-12-15-11-16(23(24,25)26)7-8-20(15)29-10-9-28(14-21(19)29)17-5-4-6-18(13-17)31-2/h4-8,11,13,19,21H,3,9-10,12,14H2,1-2H3,(H,27,30)/t19-,21+/m0/s1. The summed E-state index contributed by atoms with van der Waals surface area (Å²) in [5, 5.41) is 2.87. The molecule has 2 aromatic carbocycles. The molecule has 4 rings (SSSR count). The molecule has 0 aromatic heterocycles. The van der Waals surface area contributed by atoms with Gasteiger partial charge >= 0.3 is 6.18 Å². The molecule has 0 spiro atoms. The Morgan fingerprint density at radius 1 is 1.19 bits per heavy atom. The summed E-state index contributed by atoms with van der Waals surface area (Å²) in [6.07, 6.45) is -4.11. The number of amides is 1. The number of anilines is 2. The molecule has 0 bridgehead atoms. The third kappa shape index (κ3) is 4.16. The van der Waals surface area contributed by atoms with Crippen LogP contribution in [0.2, 0.25) is 0 Å². The summed E-state index contributed by atoms with van der Waals surface area (Å²) < 4.78 is 45.1. The molecular weight excluding hydrogens is 407 g/mol. The Balaban J connectivity index is 1.68. The van der Waals surface area contributed by atoms with E-state index in [-0.39, 0.29) is 18.4 Å². The third-order valence-electron chi connectivity index (χ3n) is 6.15. The van der Waals surface area contributed by atoms with Gasteiger partial charge < -0.3 is 19.9 Å². The Bertz CT molecular complexity index is 963. The van der Waals surface area contributed by atoms with Crippen LogP contribution in [0.1, 0.15) is 18.1 Å². The first-order valence-electron chi connectivity index (χ1n) is 10.4. The number of piperazine rings is 1. The van der Waals surface area contributed by atoms with Crippen molar-refractivity contribution in [1.82, 2.24) is 5.32 Å². The molecule has 0 radical (unpaired) electrons. The SMILES string of the molecule is CCNC(=O)[C@H]1Cc2cc(C(F)(F)F)ccc2N2CCN(c3cccc(OC)c3)C[C@H]12. The highest BCUT2D eigenvalue weighted by Gasteiger charge is 2.42. The number of halogens is 3. The highest BCUT2D eigenvalue weighted by Crippen LogP contribution is 2.40. The fourth-order valence-corrected chi connectivity index (χ4v) is 4.65. The Morgan fingerprint density at radius 3 is 2.71 bits per heavy atom. The summed E-state index contributed by atoms with van der Waals surface area (Å²) in [5.41, 5.74) is 1.71. The van der Waals surface area contributed by atoms with Gasteiger partial charge in [0.05, 0.1) is 24.6 Å². The molecule has 166 valence electrons. The van der Waals surface area contributed by atoms with Crippen molar-refractivity contribution in [2.75, 3.05) is 43.1 Å². The van der Waals surface area contributed by atoms with Gasteiger partial charge in [-0.05, 0) is 49.2 Å². The fourth-order valence-electron chi connectivity index (χ4n) is 4.65. The summed E-state index contributed by atoms with van der Waals surface area (Å²) in [5.74, 6) is 0.214. The molecule has 0 saturated carbocycles. The number of fused-ring (bicyclic) bond motifs is 3. The van der Waals surface area contributed by atoms with E-state index < -0.39 is 17.7 Å². The highest BCUT2D eigenvalue weighted by atomic mass is 19.4. The van der Waals surface area contributed by atoms with Crippen LogP contribution >= 0.6 is 0 Å². The van der Waals surface area contributed by atoms with Crippen molar-refractivity contribution in [3.63, 3.8) is 0 Å². The van der Waals surface area contributed by atoms with Gasteiger partial charge in [-0.3, -0.25) is 4.79 Å². The van der Waals surface area contributed by atoms with E-state index in [0.29, 0.717) is 31.7 Å². The molecule has 2 atom stereocenters. The van der Waals surface area contributed by atoms with E-state index in [2.05, 4.69) is 15.1 Å². The lowest BCUT2D eigenvalue weighted by Crippen LogP contribution is -2.61. The summed E-state index contributed by atoms with van der Waals surface area (Å²) in [4.78, 5) is 17.2. The monoisotopic (exact) mass is 433 g/mol. The van der Waals surface area contributed by atoms with E-state index in [1.54, 1.807) is 13.2 Å². The molecule has 1 amide bonds. The lowest BCUT2D eigenvalue weighted by atomic mass is 9.82. The van der Waals surface area contributed by atoms with Gasteiger partial charge in [0.15, 0.2) is 0 Å². The van der Waals surface area contributed by atoms with Crippen molar-refractivity contribution in [3.8, 4) is 5.75 Å². The second-order valence-electron chi connectivity index (χ2n) is 7.95. The number of carbonyl (C=O) groups is 1. The maximum atomic E-state index is 13.3. The van der Waals surface area contributed by atoms with Crippen LogP contribution in [-0.2, 0) is 17.4 Å². The maximum absolute atomic E-state index is 13.3. The Kier molecular flexibility index (Phi) is 5.73. The quantitative estimate of drug-likeness (QED) is 0.799. The zero-order valence-corrected chi connectivity index (χ0v) is 17.6. The maximum Gasteiger partial charge on any atom is 0.416 e.